The van der Waals surface area contributed by atoms with E-state index in [2.05, 4.69) is 20.1 Å². The molecule has 6 nitrogen and oxygen atoms in total. The van der Waals surface area contributed by atoms with E-state index in [0.717, 1.165) is 0 Å². The summed E-state index contributed by atoms with van der Waals surface area (Å²) in [5.41, 5.74) is 6.51. The molecule has 0 amide bonds. The lowest BCUT2D eigenvalue weighted by atomic mass is 10.2. The van der Waals surface area contributed by atoms with E-state index in [1.54, 1.807) is 18.3 Å². The molecule has 3 aromatic rings. The maximum Gasteiger partial charge on any atom is 0.261 e. The van der Waals surface area contributed by atoms with Gasteiger partial charge in [0.05, 0.1) is 5.56 Å². The van der Waals surface area contributed by atoms with Crippen LogP contribution in [0.4, 0.5) is 10.1 Å². The maximum absolute atomic E-state index is 13.7. The van der Waals surface area contributed by atoms with Gasteiger partial charge in [-0.1, -0.05) is 5.16 Å². The Bertz CT molecular complexity index is 713. The van der Waals surface area contributed by atoms with Crippen molar-refractivity contribution in [3.63, 3.8) is 0 Å². The van der Waals surface area contributed by atoms with Crippen LogP contribution < -0.4 is 5.73 Å². The van der Waals surface area contributed by atoms with Crippen molar-refractivity contribution < 1.29 is 8.91 Å². The molecule has 2 N–H and O–H groups in total. The zero-order chi connectivity index (χ0) is 13.2. The van der Waals surface area contributed by atoms with Crippen LogP contribution in [0, 0.1) is 5.82 Å². The van der Waals surface area contributed by atoms with Gasteiger partial charge in [-0.15, -0.1) is 0 Å². The fourth-order valence-corrected chi connectivity index (χ4v) is 1.56. The predicted octanol–water partition coefficient (Wildman–Crippen LogP) is 1.91. The smallest absolute Gasteiger partial charge is 0.261 e. The minimum atomic E-state index is -0.516. The normalized spacial score (nSPS) is 10.6. The zero-order valence-corrected chi connectivity index (χ0v) is 9.62. The summed E-state index contributed by atoms with van der Waals surface area (Å²) in [4.78, 5) is 11.9. The Hall–Kier alpha value is -2.83. The van der Waals surface area contributed by atoms with Crippen LogP contribution in [0.5, 0.6) is 0 Å². The monoisotopic (exact) mass is 257 g/mol. The van der Waals surface area contributed by atoms with Crippen LogP contribution >= 0.6 is 0 Å². The standard InChI is InChI=1S/C12H8FN5O/c13-9-5-7(14)1-2-8(9)12-17-11(18-19-12)10-3-4-15-6-16-10/h1-6H,14H2. The van der Waals surface area contributed by atoms with E-state index >= 15 is 0 Å². The molecular weight excluding hydrogens is 249 g/mol. The Labute approximate surface area is 107 Å². The van der Waals surface area contributed by atoms with Crippen molar-refractivity contribution in [2.45, 2.75) is 0 Å². The number of anilines is 1. The van der Waals surface area contributed by atoms with Crippen LogP contribution in [0.15, 0.2) is 41.3 Å². The molecule has 2 heterocycles. The molecule has 3 rings (SSSR count). The van der Waals surface area contributed by atoms with E-state index in [0.29, 0.717) is 11.4 Å². The van der Waals surface area contributed by atoms with Crippen LogP contribution in [-0.4, -0.2) is 20.1 Å². The molecule has 19 heavy (non-hydrogen) atoms. The lowest BCUT2D eigenvalue weighted by Gasteiger charge is -1.97. The second-order valence-corrected chi connectivity index (χ2v) is 3.76. The highest BCUT2D eigenvalue weighted by atomic mass is 19.1. The molecule has 0 spiro atoms. The van der Waals surface area contributed by atoms with Crippen LogP contribution in [0.1, 0.15) is 0 Å². The Balaban J connectivity index is 2.02. The Morgan fingerprint density at radius 3 is 2.84 bits per heavy atom. The molecule has 94 valence electrons. The van der Waals surface area contributed by atoms with Crippen molar-refractivity contribution in [1.82, 2.24) is 20.1 Å². The van der Waals surface area contributed by atoms with Crippen molar-refractivity contribution in [3.8, 4) is 23.0 Å². The molecule has 0 aliphatic heterocycles. The minimum absolute atomic E-state index is 0.0751. The number of hydrogen-bond acceptors (Lipinski definition) is 6. The van der Waals surface area contributed by atoms with Gasteiger partial charge in [0.2, 0.25) is 5.82 Å². The summed E-state index contributed by atoms with van der Waals surface area (Å²) < 4.78 is 18.7. The van der Waals surface area contributed by atoms with E-state index < -0.39 is 5.82 Å². The van der Waals surface area contributed by atoms with Crippen molar-refractivity contribution >= 4 is 5.69 Å². The highest BCUT2D eigenvalue weighted by Crippen LogP contribution is 2.24. The molecule has 1 aromatic carbocycles. The fraction of sp³-hybridized carbons (Fsp3) is 0. The van der Waals surface area contributed by atoms with E-state index in [1.807, 2.05) is 0 Å². The van der Waals surface area contributed by atoms with Gasteiger partial charge >= 0.3 is 0 Å². The first-order valence-electron chi connectivity index (χ1n) is 5.39. The summed E-state index contributed by atoms with van der Waals surface area (Å²) in [5, 5.41) is 3.75. The molecule has 0 bridgehead atoms. The molecule has 0 aliphatic rings. The van der Waals surface area contributed by atoms with Crippen LogP contribution in [0.25, 0.3) is 23.0 Å². The van der Waals surface area contributed by atoms with Gasteiger partial charge in [0.25, 0.3) is 5.89 Å². The zero-order valence-electron chi connectivity index (χ0n) is 9.62. The third-order valence-electron chi connectivity index (χ3n) is 2.46. The average Bonchev–Trinajstić information content (AvgIpc) is 2.89. The third-order valence-corrected chi connectivity index (χ3v) is 2.46. The largest absolute Gasteiger partial charge is 0.399 e. The summed E-state index contributed by atoms with van der Waals surface area (Å²) in [6.07, 6.45) is 2.93. The number of nitrogen functional groups attached to an aromatic ring is 1. The summed E-state index contributed by atoms with van der Waals surface area (Å²) in [6, 6.07) is 5.88. The van der Waals surface area contributed by atoms with E-state index in [9.17, 15) is 4.39 Å². The van der Waals surface area contributed by atoms with E-state index in [-0.39, 0.29) is 17.3 Å². The second-order valence-electron chi connectivity index (χ2n) is 3.76. The highest BCUT2D eigenvalue weighted by Gasteiger charge is 2.14. The SMILES string of the molecule is Nc1ccc(-c2nc(-c3ccncn3)no2)c(F)c1. The molecule has 0 saturated carbocycles. The van der Waals surface area contributed by atoms with Gasteiger partial charge in [0, 0.05) is 11.9 Å². The average molecular weight is 257 g/mol. The number of aromatic nitrogens is 4. The van der Waals surface area contributed by atoms with Gasteiger partial charge in [-0.05, 0) is 24.3 Å². The van der Waals surface area contributed by atoms with Crippen molar-refractivity contribution in [2.24, 2.45) is 0 Å². The van der Waals surface area contributed by atoms with Gasteiger partial charge in [-0.2, -0.15) is 4.98 Å². The van der Waals surface area contributed by atoms with Crippen LogP contribution in [-0.2, 0) is 0 Å². The van der Waals surface area contributed by atoms with Gasteiger partial charge in [-0.25, -0.2) is 14.4 Å². The molecule has 2 aromatic heterocycles. The number of rotatable bonds is 2. The summed E-state index contributed by atoms with van der Waals surface area (Å²) in [5.74, 6) is -0.169. The van der Waals surface area contributed by atoms with Gasteiger partial charge in [0.1, 0.15) is 17.8 Å². The molecule has 0 saturated heterocycles. The number of nitrogens with zero attached hydrogens (tertiary/aromatic N) is 4. The lowest BCUT2D eigenvalue weighted by molar-refractivity contribution is 0.429. The van der Waals surface area contributed by atoms with Crippen LogP contribution in [0.2, 0.25) is 0 Å². The fourth-order valence-electron chi connectivity index (χ4n) is 1.56. The van der Waals surface area contributed by atoms with Gasteiger partial charge in [0.15, 0.2) is 0 Å². The van der Waals surface area contributed by atoms with Crippen molar-refractivity contribution in [2.75, 3.05) is 5.73 Å². The molecule has 0 radical (unpaired) electrons. The first-order valence-corrected chi connectivity index (χ1v) is 5.39. The highest BCUT2D eigenvalue weighted by molar-refractivity contribution is 5.60. The Morgan fingerprint density at radius 2 is 2.11 bits per heavy atom. The maximum atomic E-state index is 13.7. The van der Waals surface area contributed by atoms with Gasteiger partial charge < -0.3 is 10.3 Å². The number of hydrogen-bond donors (Lipinski definition) is 1. The second kappa shape index (κ2) is 4.45. The first-order chi connectivity index (χ1) is 9.24. The minimum Gasteiger partial charge on any atom is -0.399 e. The molecule has 0 atom stereocenters. The predicted molar refractivity (Wildman–Crippen MR) is 65.1 cm³/mol. The third kappa shape index (κ3) is 2.13. The van der Waals surface area contributed by atoms with Crippen molar-refractivity contribution in [3.05, 3.63) is 42.6 Å². The molecule has 0 aliphatic carbocycles. The van der Waals surface area contributed by atoms with Crippen LogP contribution in [0.3, 0.4) is 0 Å². The van der Waals surface area contributed by atoms with E-state index in [4.69, 9.17) is 10.3 Å². The van der Waals surface area contributed by atoms with Gasteiger partial charge in [-0.3, -0.25) is 0 Å². The molecule has 7 heteroatoms. The Morgan fingerprint density at radius 1 is 1.21 bits per heavy atom. The summed E-state index contributed by atoms with van der Waals surface area (Å²) in [6.45, 7) is 0. The number of nitrogens with two attached hydrogens (primary N) is 1. The summed E-state index contributed by atoms with van der Waals surface area (Å²) in [7, 11) is 0. The topological polar surface area (TPSA) is 90.7 Å². The lowest BCUT2D eigenvalue weighted by Crippen LogP contribution is -1.90. The number of benzene rings is 1. The van der Waals surface area contributed by atoms with Crippen molar-refractivity contribution in [1.29, 1.82) is 0 Å². The molecule has 0 fully saturated rings. The first kappa shape index (κ1) is 11.3. The summed E-state index contributed by atoms with van der Waals surface area (Å²) >= 11 is 0. The number of halogens is 1. The molecule has 0 unspecified atom stereocenters. The van der Waals surface area contributed by atoms with E-state index in [1.165, 1.54) is 18.5 Å². The molecular formula is C12H8FN5O. The quantitative estimate of drug-likeness (QED) is 0.705. The Kier molecular flexibility index (Phi) is 2.64.